The van der Waals surface area contributed by atoms with Gasteiger partial charge in [-0.25, -0.2) is 4.79 Å². The molecule has 0 bridgehead atoms. The number of carbonyl (C=O) groups is 2. The molecule has 0 aliphatic carbocycles. The molecule has 1 saturated heterocycles. The standard InChI is InChI=1S/C19H16Cl2N2O4/c20-12-5-6-16(14(21)11-12)27-10-8-23-17(24)19(22-18(23)25)7-9-26-15-4-2-1-3-13(15)19/h1-6,11H,7-10H2,(H,22,25)/t19-/m0/s1. The van der Waals surface area contributed by atoms with Crippen LogP contribution in [0.4, 0.5) is 4.79 Å². The Morgan fingerprint density at radius 2 is 2.00 bits per heavy atom. The molecule has 0 saturated carbocycles. The Bertz CT molecular complexity index is 920. The fourth-order valence-corrected chi connectivity index (χ4v) is 3.88. The summed E-state index contributed by atoms with van der Waals surface area (Å²) in [7, 11) is 0. The molecule has 1 N–H and O–H groups in total. The predicted molar refractivity (Wildman–Crippen MR) is 100 cm³/mol. The van der Waals surface area contributed by atoms with Crippen molar-refractivity contribution < 1.29 is 19.1 Å². The van der Waals surface area contributed by atoms with Gasteiger partial charge in [-0.3, -0.25) is 9.69 Å². The van der Waals surface area contributed by atoms with Gasteiger partial charge in [0.2, 0.25) is 0 Å². The Kier molecular flexibility index (Phi) is 4.61. The van der Waals surface area contributed by atoms with E-state index in [9.17, 15) is 9.59 Å². The van der Waals surface area contributed by atoms with Gasteiger partial charge in [-0.1, -0.05) is 41.4 Å². The van der Waals surface area contributed by atoms with Crippen molar-refractivity contribution in [3.63, 3.8) is 0 Å². The molecule has 6 nitrogen and oxygen atoms in total. The minimum absolute atomic E-state index is 0.106. The van der Waals surface area contributed by atoms with Gasteiger partial charge < -0.3 is 14.8 Å². The number of nitrogens with one attached hydrogen (secondary N) is 1. The maximum Gasteiger partial charge on any atom is 0.325 e. The van der Waals surface area contributed by atoms with Crippen LogP contribution in [0.25, 0.3) is 0 Å². The van der Waals surface area contributed by atoms with Crippen molar-refractivity contribution in [1.29, 1.82) is 0 Å². The zero-order valence-electron chi connectivity index (χ0n) is 14.2. The Hall–Kier alpha value is -2.44. The van der Waals surface area contributed by atoms with E-state index in [1.165, 1.54) is 4.90 Å². The Morgan fingerprint density at radius 1 is 1.19 bits per heavy atom. The molecule has 2 aliphatic heterocycles. The van der Waals surface area contributed by atoms with Crippen LogP contribution in [0.15, 0.2) is 42.5 Å². The molecule has 4 rings (SSSR count). The first kappa shape index (κ1) is 17.9. The summed E-state index contributed by atoms with van der Waals surface area (Å²) >= 11 is 11.9. The fraction of sp³-hybridized carbons (Fsp3) is 0.263. The lowest BCUT2D eigenvalue weighted by Gasteiger charge is -2.33. The second-order valence-corrected chi connectivity index (χ2v) is 7.15. The average molecular weight is 407 g/mol. The lowest BCUT2D eigenvalue weighted by Crippen LogP contribution is -2.47. The van der Waals surface area contributed by atoms with Crippen LogP contribution >= 0.6 is 23.2 Å². The van der Waals surface area contributed by atoms with E-state index in [1.54, 1.807) is 30.3 Å². The monoisotopic (exact) mass is 406 g/mol. The van der Waals surface area contributed by atoms with E-state index < -0.39 is 11.6 Å². The molecule has 8 heteroatoms. The Balaban J connectivity index is 1.49. The van der Waals surface area contributed by atoms with Gasteiger partial charge in [0.05, 0.1) is 18.2 Å². The van der Waals surface area contributed by atoms with Gasteiger partial charge in [0.1, 0.15) is 18.1 Å². The molecular formula is C19H16Cl2N2O4. The largest absolute Gasteiger partial charge is 0.493 e. The first-order valence-corrected chi connectivity index (χ1v) is 9.21. The molecule has 27 heavy (non-hydrogen) atoms. The van der Waals surface area contributed by atoms with Crippen LogP contribution in [0, 0.1) is 0 Å². The van der Waals surface area contributed by atoms with Crippen LogP contribution < -0.4 is 14.8 Å². The number of fused-ring (bicyclic) bond motifs is 2. The Morgan fingerprint density at radius 3 is 2.81 bits per heavy atom. The van der Waals surface area contributed by atoms with Crippen LogP contribution in [-0.2, 0) is 10.3 Å². The van der Waals surface area contributed by atoms with E-state index in [-0.39, 0.29) is 19.1 Å². The molecular weight excluding hydrogens is 391 g/mol. The highest BCUT2D eigenvalue weighted by Gasteiger charge is 2.54. The molecule has 0 aromatic heterocycles. The van der Waals surface area contributed by atoms with Crippen molar-refractivity contribution in [3.8, 4) is 11.5 Å². The highest BCUT2D eigenvalue weighted by molar-refractivity contribution is 6.35. The number of ether oxygens (including phenoxy) is 2. The lowest BCUT2D eigenvalue weighted by atomic mass is 9.84. The SMILES string of the molecule is O=C1N[C@]2(CCOc3ccccc32)C(=O)N1CCOc1ccc(Cl)cc1Cl. The maximum atomic E-state index is 13.1. The number of nitrogens with zero attached hydrogens (tertiary/aromatic N) is 1. The number of rotatable bonds is 4. The quantitative estimate of drug-likeness (QED) is 0.787. The number of para-hydroxylation sites is 1. The highest BCUT2D eigenvalue weighted by atomic mass is 35.5. The van der Waals surface area contributed by atoms with Crippen LogP contribution in [-0.4, -0.2) is 36.6 Å². The van der Waals surface area contributed by atoms with E-state index >= 15 is 0 Å². The number of imide groups is 1. The zero-order valence-corrected chi connectivity index (χ0v) is 15.7. The van der Waals surface area contributed by atoms with Crippen LogP contribution in [0.2, 0.25) is 10.0 Å². The molecule has 0 radical (unpaired) electrons. The number of benzene rings is 2. The smallest absolute Gasteiger partial charge is 0.325 e. The lowest BCUT2D eigenvalue weighted by molar-refractivity contribution is -0.132. The number of amides is 3. The molecule has 1 fully saturated rings. The van der Waals surface area contributed by atoms with Crippen molar-refractivity contribution in [2.45, 2.75) is 12.0 Å². The first-order valence-electron chi connectivity index (χ1n) is 8.45. The van der Waals surface area contributed by atoms with Crippen LogP contribution in [0.1, 0.15) is 12.0 Å². The van der Waals surface area contributed by atoms with Crippen LogP contribution in [0.3, 0.4) is 0 Å². The van der Waals surface area contributed by atoms with E-state index in [4.69, 9.17) is 32.7 Å². The fourth-order valence-electron chi connectivity index (χ4n) is 3.41. The van der Waals surface area contributed by atoms with Gasteiger partial charge in [0.15, 0.2) is 5.54 Å². The number of hydrogen-bond acceptors (Lipinski definition) is 4. The third-order valence-electron chi connectivity index (χ3n) is 4.72. The summed E-state index contributed by atoms with van der Waals surface area (Å²) in [6.45, 7) is 0.580. The normalized spacial score (nSPS) is 21.0. The first-order chi connectivity index (χ1) is 13.0. The molecule has 140 valence electrons. The van der Waals surface area contributed by atoms with E-state index in [1.807, 2.05) is 12.1 Å². The van der Waals surface area contributed by atoms with Gasteiger partial charge in [-0.2, -0.15) is 0 Å². The summed E-state index contributed by atoms with van der Waals surface area (Å²) in [4.78, 5) is 26.7. The molecule has 1 spiro atoms. The van der Waals surface area contributed by atoms with Gasteiger partial charge in [0, 0.05) is 17.0 Å². The second-order valence-electron chi connectivity index (χ2n) is 6.31. The Labute approximate surface area is 165 Å². The van der Waals surface area contributed by atoms with E-state index in [0.717, 1.165) is 0 Å². The van der Waals surface area contributed by atoms with Crippen molar-refractivity contribution in [2.75, 3.05) is 19.8 Å². The van der Waals surface area contributed by atoms with E-state index in [0.29, 0.717) is 40.1 Å². The number of hydrogen-bond donors (Lipinski definition) is 1. The third kappa shape index (κ3) is 3.09. The molecule has 2 aliphatic rings. The van der Waals surface area contributed by atoms with E-state index in [2.05, 4.69) is 5.32 Å². The minimum Gasteiger partial charge on any atom is -0.493 e. The summed E-state index contributed by atoms with van der Waals surface area (Å²) in [5.41, 5.74) is -0.400. The molecule has 2 heterocycles. The van der Waals surface area contributed by atoms with Crippen molar-refractivity contribution in [1.82, 2.24) is 10.2 Å². The molecule has 2 aromatic carbocycles. The number of halogens is 2. The summed E-state index contributed by atoms with van der Waals surface area (Å²) in [6.07, 6.45) is 0.384. The molecule has 0 unspecified atom stereocenters. The third-order valence-corrected chi connectivity index (χ3v) is 5.25. The molecule has 1 atom stereocenters. The van der Waals surface area contributed by atoms with Gasteiger partial charge in [-0.05, 0) is 24.3 Å². The van der Waals surface area contributed by atoms with Crippen molar-refractivity contribution in [2.24, 2.45) is 0 Å². The zero-order chi connectivity index (χ0) is 19.0. The van der Waals surface area contributed by atoms with Crippen LogP contribution in [0.5, 0.6) is 11.5 Å². The highest BCUT2D eigenvalue weighted by Crippen LogP contribution is 2.40. The average Bonchev–Trinajstić information content (AvgIpc) is 2.88. The molecule has 2 aromatic rings. The van der Waals surface area contributed by atoms with Gasteiger partial charge in [0.25, 0.3) is 5.91 Å². The van der Waals surface area contributed by atoms with Crippen molar-refractivity contribution >= 4 is 35.1 Å². The second kappa shape index (κ2) is 6.94. The van der Waals surface area contributed by atoms with Gasteiger partial charge >= 0.3 is 6.03 Å². The summed E-state index contributed by atoms with van der Waals surface area (Å²) in [5.74, 6) is 0.761. The topological polar surface area (TPSA) is 67.9 Å². The van der Waals surface area contributed by atoms with Crippen molar-refractivity contribution in [3.05, 3.63) is 58.1 Å². The maximum absolute atomic E-state index is 13.1. The number of urea groups is 1. The molecule has 3 amide bonds. The minimum atomic E-state index is -1.08. The summed E-state index contributed by atoms with van der Waals surface area (Å²) in [5, 5.41) is 3.72. The van der Waals surface area contributed by atoms with Gasteiger partial charge in [-0.15, -0.1) is 0 Å². The summed E-state index contributed by atoms with van der Waals surface area (Å²) < 4.78 is 11.2. The summed E-state index contributed by atoms with van der Waals surface area (Å²) in [6, 6.07) is 11.7. The predicted octanol–water partition coefficient (Wildman–Crippen LogP) is 3.60. The number of carbonyl (C=O) groups excluding carboxylic acids is 2.